The second kappa shape index (κ2) is 8.30. The van der Waals surface area contributed by atoms with Crippen molar-refractivity contribution < 1.29 is 19.1 Å². The van der Waals surface area contributed by atoms with Gasteiger partial charge in [-0.05, 0) is 36.2 Å². The first kappa shape index (κ1) is 19.0. The summed E-state index contributed by atoms with van der Waals surface area (Å²) in [4.78, 5) is 41.9. The summed E-state index contributed by atoms with van der Waals surface area (Å²) in [6.45, 7) is 0.569. The van der Waals surface area contributed by atoms with Gasteiger partial charge in [-0.1, -0.05) is 15.9 Å². The number of methoxy groups -OCH3 is 1. The Balaban J connectivity index is 1.48. The zero-order valence-corrected chi connectivity index (χ0v) is 16.3. The van der Waals surface area contributed by atoms with Crippen LogP contribution in [-0.2, 0) is 11.3 Å². The number of rotatable bonds is 7. The molecule has 140 valence electrons. The van der Waals surface area contributed by atoms with Crippen molar-refractivity contribution in [3.05, 3.63) is 57.7 Å². The van der Waals surface area contributed by atoms with Crippen molar-refractivity contribution in [2.45, 2.75) is 19.4 Å². The molecule has 0 atom stereocenters. The summed E-state index contributed by atoms with van der Waals surface area (Å²) in [5.74, 6) is -0.295. The number of halogens is 1. The third-order valence-corrected chi connectivity index (χ3v) is 4.71. The van der Waals surface area contributed by atoms with Crippen LogP contribution in [0.4, 0.5) is 0 Å². The number of amides is 3. The number of pyridine rings is 1. The minimum atomic E-state index is -0.319. The van der Waals surface area contributed by atoms with Crippen LogP contribution in [0, 0.1) is 0 Å². The largest absolute Gasteiger partial charge is 0.481 e. The maximum Gasteiger partial charge on any atom is 0.261 e. The second-order valence-electron chi connectivity index (χ2n) is 6.04. The van der Waals surface area contributed by atoms with Crippen molar-refractivity contribution in [1.29, 1.82) is 0 Å². The third kappa shape index (κ3) is 4.33. The van der Waals surface area contributed by atoms with Gasteiger partial charge in [0.05, 0.1) is 18.2 Å². The van der Waals surface area contributed by atoms with E-state index in [4.69, 9.17) is 4.74 Å². The summed E-state index contributed by atoms with van der Waals surface area (Å²) < 4.78 is 5.79. The molecular formula is C19H18BrN3O4. The SMILES string of the molecule is COc1cc(CNC(=O)CCCN2C(=O)c3ccc(Br)cc3C2=O)ccn1. The fraction of sp³-hybridized carbons (Fsp3) is 0.263. The highest BCUT2D eigenvalue weighted by Crippen LogP contribution is 2.26. The van der Waals surface area contributed by atoms with Gasteiger partial charge in [0.25, 0.3) is 11.8 Å². The summed E-state index contributed by atoms with van der Waals surface area (Å²) >= 11 is 3.30. The molecule has 3 amide bonds. The Hall–Kier alpha value is -2.74. The molecule has 27 heavy (non-hydrogen) atoms. The Kier molecular flexibility index (Phi) is 5.85. The first-order chi connectivity index (χ1) is 13.0. The first-order valence-electron chi connectivity index (χ1n) is 8.41. The van der Waals surface area contributed by atoms with Crippen LogP contribution in [0.15, 0.2) is 41.0 Å². The molecule has 2 aromatic rings. The standard InChI is InChI=1S/C19H18BrN3O4/c1-27-17-9-12(6-7-21-17)11-22-16(24)3-2-8-23-18(25)14-5-4-13(20)10-15(14)19(23)26/h4-7,9-10H,2-3,8,11H2,1H3,(H,22,24). The number of aromatic nitrogens is 1. The molecule has 0 bridgehead atoms. The minimum Gasteiger partial charge on any atom is -0.481 e. The number of benzene rings is 1. The molecule has 0 radical (unpaired) electrons. The summed E-state index contributed by atoms with van der Waals surface area (Å²) in [7, 11) is 1.53. The summed E-state index contributed by atoms with van der Waals surface area (Å²) in [6.07, 6.45) is 2.23. The van der Waals surface area contributed by atoms with Gasteiger partial charge in [0.1, 0.15) is 0 Å². The highest BCUT2D eigenvalue weighted by molar-refractivity contribution is 9.10. The molecule has 0 aliphatic carbocycles. The first-order valence-corrected chi connectivity index (χ1v) is 9.20. The molecule has 0 spiro atoms. The molecule has 1 aromatic carbocycles. The van der Waals surface area contributed by atoms with E-state index >= 15 is 0 Å². The highest BCUT2D eigenvalue weighted by Gasteiger charge is 2.35. The molecule has 8 heteroatoms. The zero-order valence-electron chi connectivity index (χ0n) is 14.7. The molecule has 1 N–H and O–H groups in total. The van der Waals surface area contributed by atoms with E-state index in [-0.39, 0.29) is 30.7 Å². The molecule has 0 unspecified atom stereocenters. The molecule has 1 aliphatic heterocycles. The monoisotopic (exact) mass is 431 g/mol. The van der Waals surface area contributed by atoms with E-state index in [1.54, 1.807) is 36.5 Å². The maximum absolute atomic E-state index is 12.4. The second-order valence-corrected chi connectivity index (χ2v) is 6.95. The predicted octanol–water partition coefficient (Wildman–Crippen LogP) is 2.55. The van der Waals surface area contributed by atoms with Gasteiger partial charge < -0.3 is 10.1 Å². The van der Waals surface area contributed by atoms with E-state index < -0.39 is 0 Å². The Morgan fingerprint density at radius 2 is 1.96 bits per heavy atom. The fourth-order valence-electron chi connectivity index (χ4n) is 2.82. The number of carbonyl (C=O) groups is 3. The molecule has 1 aromatic heterocycles. The Morgan fingerprint density at radius 3 is 2.74 bits per heavy atom. The molecule has 0 fully saturated rings. The molecule has 0 saturated heterocycles. The van der Waals surface area contributed by atoms with E-state index in [1.165, 1.54) is 12.0 Å². The number of nitrogens with zero attached hydrogens (tertiary/aromatic N) is 2. The van der Waals surface area contributed by atoms with Crippen molar-refractivity contribution in [2.24, 2.45) is 0 Å². The lowest BCUT2D eigenvalue weighted by molar-refractivity contribution is -0.121. The average Bonchev–Trinajstić information content (AvgIpc) is 2.90. The van der Waals surface area contributed by atoms with Gasteiger partial charge in [-0.15, -0.1) is 0 Å². The van der Waals surface area contributed by atoms with Crippen molar-refractivity contribution in [3.8, 4) is 5.88 Å². The lowest BCUT2D eigenvalue weighted by Gasteiger charge is -2.13. The van der Waals surface area contributed by atoms with Crippen LogP contribution in [-0.4, -0.2) is 41.3 Å². The van der Waals surface area contributed by atoms with Crippen LogP contribution < -0.4 is 10.1 Å². The van der Waals surface area contributed by atoms with E-state index in [9.17, 15) is 14.4 Å². The molecule has 0 saturated carbocycles. The number of carbonyl (C=O) groups excluding carboxylic acids is 3. The fourth-order valence-corrected chi connectivity index (χ4v) is 3.19. The van der Waals surface area contributed by atoms with Gasteiger partial charge in [-0.25, -0.2) is 4.98 Å². The van der Waals surface area contributed by atoms with Crippen LogP contribution in [0.1, 0.15) is 39.1 Å². The Bertz CT molecular complexity index is 900. The normalized spacial score (nSPS) is 12.9. The molecule has 3 rings (SSSR count). The predicted molar refractivity (Wildman–Crippen MR) is 101 cm³/mol. The van der Waals surface area contributed by atoms with Gasteiger partial charge in [0.15, 0.2) is 0 Å². The van der Waals surface area contributed by atoms with Crippen LogP contribution in [0.25, 0.3) is 0 Å². The van der Waals surface area contributed by atoms with Gasteiger partial charge in [0, 0.05) is 36.2 Å². The lowest BCUT2D eigenvalue weighted by atomic mass is 10.1. The number of hydrogen-bond acceptors (Lipinski definition) is 5. The minimum absolute atomic E-state index is 0.148. The van der Waals surface area contributed by atoms with Crippen molar-refractivity contribution in [1.82, 2.24) is 15.2 Å². The quantitative estimate of drug-likeness (QED) is 0.680. The maximum atomic E-state index is 12.4. The highest BCUT2D eigenvalue weighted by atomic mass is 79.9. The van der Waals surface area contributed by atoms with Gasteiger partial charge in [-0.2, -0.15) is 0 Å². The number of ether oxygens (including phenoxy) is 1. The summed E-state index contributed by atoms with van der Waals surface area (Å²) in [6, 6.07) is 8.55. The lowest BCUT2D eigenvalue weighted by Crippen LogP contribution is -2.32. The van der Waals surface area contributed by atoms with Crippen LogP contribution in [0.2, 0.25) is 0 Å². The van der Waals surface area contributed by atoms with Gasteiger partial charge >= 0.3 is 0 Å². The number of imide groups is 1. The van der Waals surface area contributed by atoms with Crippen LogP contribution in [0.3, 0.4) is 0 Å². The Morgan fingerprint density at radius 1 is 1.19 bits per heavy atom. The van der Waals surface area contributed by atoms with E-state index in [1.807, 2.05) is 0 Å². The number of hydrogen-bond donors (Lipinski definition) is 1. The van der Waals surface area contributed by atoms with Crippen molar-refractivity contribution in [2.75, 3.05) is 13.7 Å². The van der Waals surface area contributed by atoms with Gasteiger partial charge in [0.2, 0.25) is 11.8 Å². The topological polar surface area (TPSA) is 88.6 Å². The molecule has 2 heterocycles. The number of fused-ring (bicyclic) bond motifs is 1. The van der Waals surface area contributed by atoms with Gasteiger partial charge in [-0.3, -0.25) is 19.3 Å². The smallest absolute Gasteiger partial charge is 0.261 e. The summed E-state index contributed by atoms with van der Waals surface area (Å²) in [5.41, 5.74) is 1.67. The third-order valence-electron chi connectivity index (χ3n) is 4.22. The molecule has 7 nitrogen and oxygen atoms in total. The molecule has 1 aliphatic rings. The average molecular weight is 432 g/mol. The number of nitrogens with one attached hydrogen (secondary N) is 1. The van der Waals surface area contributed by atoms with E-state index in [0.717, 1.165) is 10.0 Å². The zero-order chi connectivity index (χ0) is 19.4. The van der Waals surface area contributed by atoms with Crippen molar-refractivity contribution in [3.63, 3.8) is 0 Å². The van der Waals surface area contributed by atoms with Crippen molar-refractivity contribution >= 4 is 33.7 Å². The van der Waals surface area contributed by atoms with E-state index in [0.29, 0.717) is 30.0 Å². The van der Waals surface area contributed by atoms with Crippen LogP contribution >= 0.6 is 15.9 Å². The van der Waals surface area contributed by atoms with Crippen LogP contribution in [0.5, 0.6) is 5.88 Å². The summed E-state index contributed by atoms with van der Waals surface area (Å²) in [5, 5.41) is 2.81. The molecular weight excluding hydrogens is 414 g/mol. The Labute approximate surface area is 164 Å². The van der Waals surface area contributed by atoms with E-state index in [2.05, 4.69) is 26.2 Å².